The van der Waals surface area contributed by atoms with Crippen LogP contribution in [0.5, 0.6) is 0 Å². The van der Waals surface area contributed by atoms with Gasteiger partial charge in [0.15, 0.2) is 0 Å². The maximum atomic E-state index is 11.6. The van der Waals surface area contributed by atoms with E-state index in [0.717, 1.165) is 10.5 Å². The highest BCUT2D eigenvalue weighted by molar-refractivity contribution is 8.00. The highest BCUT2D eigenvalue weighted by Crippen LogP contribution is 2.25. The molecule has 0 aromatic heterocycles. The summed E-state index contributed by atoms with van der Waals surface area (Å²) in [5.74, 6) is 0.140. The lowest BCUT2D eigenvalue weighted by molar-refractivity contribution is -0.120. The summed E-state index contributed by atoms with van der Waals surface area (Å²) in [6, 6.07) is 5.74. The molecular formula is C13H19N3O2S. The number of thioether (sulfide) groups is 1. The van der Waals surface area contributed by atoms with Gasteiger partial charge in [0.25, 0.3) is 0 Å². The quantitative estimate of drug-likeness (QED) is 0.411. The Morgan fingerprint density at radius 2 is 1.95 bits per heavy atom. The molecule has 1 rings (SSSR count). The molecule has 2 amide bonds. The van der Waals surface area contributed by atoms with Crippen LogP contribution in [0.4, 0.5) is 5.69 Å². The number of nitrogens with one attached hydrogen (secondary N) is 2. The molecule has 0 aliphatic carbocycles. The number of benzene rings is 1. The van der Waals surface area contributed by atoms with E-state index in [2.05, 4.69) is 10.6 Å². The average molecular weight is 281 g/mol. The Labute approximate surface area is 117 Å². The number of nitrogen functional groups attached to an aromatic ring is 1. The van der Waals surface area contributed by atoms with Crippen LogP contribution < -0.4 is 16.4 Å². The van der Waals surface area contributed by atoms with Crippen LogP contribution in [0.1, 0.15) is 12.5 Å². The second kappa shape index (κ2) is 7.68. The van der Waals surface area contributed by atoms with Crippen LogP contribution >= 0.6 is 11.8 Å². The molecule has 0 fully saturated rings. The number of hydrogen-bond donors (Lipinski definition) is 3. The van der Waals surface area contributed by atoms with Gasteiger partial charge < -0.3 is 16.4 Å². The van der Waals surface area contributed by atoms with E-state index in [9.17, 15) is 9.59 Å². The first-order valence-corrected chi connectivity index (χ1v) is 6.97. The number of anilines is 1. The van der Waals surface area contributed by atoms with Crippen LogP contribution in [-0.2, 0) is 9.59 Å². The second-order valence-corrected chi connectivity index (χ2v) is 5.18. The Balaban J connectivity index is 2.30. The summed E-state index contributed by atoms with van der Waals surface area (Å²) in [5, 5.41) is 5.34. The summed E-state index contributed by atoms with van der Waals surface area (Å²) in [6.07, 6.45) is 0. The molecule has 0 radical (unpaired) electrons. The largest absolute Gasteiger partial charge is 0.398 e. The smallest absolute Gasteiger partial charge is 0.230 e. The zero-order valence-corrected chi connectivity index (χ0v) is 12.0. The molecule has 0 unspecified atom stereocenters. The van der Waals surface area contributed by atoms with Crippen molar-refractivity contribution in [3.63, 3.8) is 0 Å². The predicted octanol–water partition coefficient (Wildman–Crippen LogP) is 0.922. The first-order chi connectivity index (χ1) is 8.99. The van der Waals surface area contributed by atoms with E-state index in [1.807, 2.05) is 25.1 Å². The van der Waals surface area contributed by atoms with E-state index in [4.69, 9.17) is 5.73 Å². The van der Waals surface area contributed by atoms with Crippen molar-refractivity contribution < 1.29 is 9.59 Å². The van der Waals surface area contributed by atoms with Crippen molar-refractivity contribution in [1.29, 1.82) is 0 Å². The molecular weight excluding hydrogens is 262 g/mol. The van der Waals surface area contributed by atoms with Crippen molar-refractivity contribution in [2.24, 2.45) is 0 Å². The third-order valence-corrected chi connectivity index (χ3v) is 3.42. The van der Waals surface area contributed by atoms with Gasteiger partial charge in [-0.3, -0.25) is 9.59 Å². The Kier molecular flexibility index (Phi) is 6.21. The summed E-state index contributed by atoms with van der Waals surface area (Å²) < 4.78 is 0. The number of rotatable bonds is 6. The maximum Gasteiger partial charge on any atom is 0.230 e. The van der Waals surface area contributed by atoms with E-state index in [1.165, 1.54) is 18.7 Å². The van der Waals surface area contributed by atoms with Gasteiger partial charge in [-0.25, -0.2) is 0 Å². The van der Waals surface area contributed by atoms with Crippen molar-refractivity contribution in [2.45, 2.75) is 18.7 Å². The molecule has 0 bridgehead atoms. The highest BCUT2D eigenvalue weighted by atomic mass is 32.2. The predicted molar refractivity (Wildman–Crippen MR) is 78.0 cm³/mol. The summed E-state index contributed by atoms with van der Waals surface area (Å²) >= 11 is 1.41. The van der Waals surface area contributed by atoms with Gasteiger partial charge in [0.2, 0.25) is 11.8 Å². The molecule has 0 saturated heterocycles. The lowest BCUT2D eigenvalue weighted by Gasteiger charge is -2.08. The summed E-state index contributed by atoms with van der Waals surface area (Å²) in [5.41, 5.74) is 7.63. The van der Waals surface area contributed by atoms with Gasteiger partial charge >= 0.3 is 0 Å². The Hall–Kier alpha value is -1.69. The molecule has 0 aliphatic rings. The first-order valence-electron chi connectivity index (χ1n) is 5.99. The van der Waals surface area contributed by atoms with Crippen LogP contribution in [0.25, 0.3) is 0 Å². The van der Waals surface area contributed by atoms with Crippen LogP contribution in [0.3, 0.4) is 0 Å². The first kappa shape index (κ1) is 15.4. The molecule has 0 saturated carbocycles. The van der Waals surface area contributed by atoms with Crippen molar-refractivity contribution >= 4 is 29.3 Å². The van der Waals surface area contributed by atoms with Crippen molar-refractivity contribution in [2.75, 3.05) is 24.6 Å². The Bertz CT molecular complexity index is 463. The lowest BCUT2D eigenvalue weighted by Crippen LogP contribution is -2.34. The number of nitrogens with two attached hydrogens (primary N) is 1. The molecule has 0 spiro atoms. The minimum atomic E-state index is -0.101. The zero-order valence-electron chi connectivity index (χ0n) is 11.2. The Morgan fingerprint density at radius 3 is 2.63 bits per heavy atom. The number of amides is 2. The fourth-order valence-electron chi connectivity index (χ4n) is 1.40. The molecule has 0 heterocycles. The normalized spacial score (nSPS) is 10.0. The Morgan fingerprint density at radius 1 is 1.26 bits per heavy atom. The van der Waals surface area contributed by atoms with Gasteiger partial charge in [-0.15, -0.1) is 11.8 Å². The standard InChI is InChI=1S/C13H19N3O2S/c1-9-3-4-11(14)12(7-9)19-8-13(18)16-6-5-15-10(2)17/h3-4,7H,5-6,8,14H2,1-2H3,(H,15,17)(H,16,18). The summed E-state index contributed by atoms with van der Waals surface area (Å²) in [7, 11) is 0. The van der Waals surface area contributed by atoms with E-state index < -0.39 is 0 Å². The zero-order chi connectivity index (χ0) is 14.3. The third-order valence-electron chi connectivity index (χ3n) is 2.35. The maximum absolute atomic E-state index is 11.6. The van der Waals surface area contributed by atoms with Gasteiger partial charge in [-0.1, -0.05) is 6.07 Å². The van der Waals surface area contributed by atoms with Gasteiger partial charge in [0, 0.05) is 30.6 Å². The topological polar surface area (TPSA) is 84.2 Å². The number of aryl methyl sites for hydroxylation is 1. The van der Waals surface area contributed by atoms with Crippen LogP contribution in [0.2, 0.25) is 0 Å². The van der Waals surface area contributed by atoms with Gasteiger partial charge in [-0.05, 0) is 24.6 Å². The number of carbonyl (C=O) groups excluding carboxylic acids is 2. The molecule has 4 N–H and O–H groups in total. The molecule has 1 aromatic carbocycles. The summed E-state index contributed by atoms with van der Waals surface area (Å²) in [4.78, 5) is 23.1. The molecule has 0 atom stereocenters. The molecule has 1 aromatic rings. The van der Waals surface area contributed by atoms with E-state index in [0.29, 0.717) is 24.5 Å². The molecule has 104 valence electrons. The SMILES string of the molecule is CC(=O)NCCNC(=O)CSc1cc(C)ccc1N. The fraction of sp³-hybridized carbons (Fsp3) is 0.385. The minimum Gasteiger partial charge on any atom is -0.398 e. The van der Waals surface area contributed by atoms with Crippen molar-refractivity contribution in [1.82, 2.24) is 10.6 Å². The molecule has 19 heavy (non-hydrogen) atoms. The second-order valence-electron chi connectivity index (χ2n) is 4.16. The van der Waals surface area contributed by atoms with E-state index in [-0.39, 0.29) is 11.8 Å². The summed E-state index contributed by atoms with van der Waals surface area (Å²) in [6.45, 7) is 4.30. The molecule has 6 heteroatoms. The van der Waals surface area contributed by atoms with Gasteiger partial charge in [-0.2, -0.15) is 0 Å². The lowest BCUT2D eigenvalue weighted by atomic mass is 10.2. The van der Waals surface area contributed by atoms with Gasteiger partial charge in [0.1, 0.15) is 0 Å². The molecule has 0 aliphatic heterocycles. The van der Waals surface area contributed by atoms with Crippen molar-refractivity contribution in [3.8, 4) is 0 Å². The van der Waals surface area contributed by atoms with E-state index >= 15 is 0 Å². The fourth-order valence-corrected chi connectivity index (χ4v) is 2.29. The third kappa shape index (κ3) is 6.15. The minimum absolute atomic E-state index is 0.0729. The van der Waals surface area contributed by atoms with E-state index in [1.54, 1.807) is 0 Å². The van der Waals surface area contributed by atoms with Crippen LogP contribution in [-0.4, -0.2) is 30.7 Å². The number of hydrogen-bond acceptors (Lipinski definition) is 4. The number of carbonyl (C=O) groups is 2. The van der Waals surface area contributed by atoms with Gasteiger partial charge in [0.05, 0.1) is 5.75 Å². The van der Waals surface area contributed by atoms with Crippen molar-refractivity contribution in [3.05, 3.63) is 23.8 Å². The average Bonchev–Trinajstić information content (AvgIpc) is 2.35. The van der Waals surface area contributed by atoms with Crippen LogP contribution in [0.15, 0.2) is 23.1 Å². The van der Waals surface area contributed by atoms with Crippen LogP contribution in [0, 0.1) is 6.92 Å². The molecule has 5 nitrogen and oxygen atoms in total. The monoisotopic (exact) mass is 281 g/mol. The highest BCUT2D eigenvalue weighted by Gasteiger charge is 2.05.